The van der Waals surface area contributed by atoms with Crippen molar-refractivity contribution in [2.24, 2.45) is 0 Å². The third-order valence-corrected chi connectivity index (χ3v) is 3.67. The van der Waals surface area contributed by atoms with Crippen LogP contribution in [0.3, 0.4) is 0 Å². The second kappa shape index (κ2) is 11.1. The van der Waals surface area contributed by atoms with Crippen molar-refractivity contribution in [3.63, 3.8) is 0 Å². The smallest absolute Gasteiger partial charge is 0.221 e. The van der Waals surface area contributed by atoms with Crippen molar-refractivity contribution in [1.82, 2.24) is 15.5 Å². The van der Waals surface area contributed by atoms with Crippen LogP contribution in [0.1, 0.15) is 12.0 Å². The van der Waals surface area contributed by atoms with Gasteiger partial charge in [0.05, 0.1) is 0 Å². The molecule has 1 aliphatic heterocycles. The summed E-state index contributed by atoms with van der Waals surface area (Å²) in [6, 6.07) is 7.58. The Balaban J connectivity index is 0.00000200. The van der Waals surface area contributed by atoms with Gasteiger partial charge in [-0.15, -0.1) is 24.8 Å². The van der Waals surface area contributed by atoms with Crippen LogP contribution in [0.25, 0.3) is 0 Å². The Kier molecular flexibility index (Phi) is 10.8. The maximum Gasteiger partial charge on any atom is 0.221 e. The second-order valence-electron chi connectivity index (χ2n) is 4.71. The molecule has 1 saturated heterocycles. The summed E-state index contributed by atoms with van der Waals surface area (Å²) in [6.07, 6.45) is 0.546. The molecule has 1 aromatic rings. The van der Waals surface area contributed by atoms with Gasteiger partial charge >= 0.3 is 0 Å². The first-order valence-electron chi connectivity index (χ1n) is 6.69. The third kappa shape index (κ3) is 7.34. The minimum atomic E-state index is 0. The van der Waals surface area contributed by atoms with E-state index in [2.05, 4.69) is 15.5 Å². The van der Waals surface area contributed by atoms with Crippen molar-refractivity contribution in [3.8, 4) is 0 Å². The molecule has 2 N–H and O–H groups in total. The predicted octanol–water partition coefficient (Wildman–Crippen LogP) is 2.10. The Labute approximate surface area is 143 Å². The van der Waals surface area contributed by atoms with Crippen LogP contribution < -0.4 is 10.6 Å². The highest BCUT2D eigenvalue weighted by atomic mass is 35.5. The van der Waals surface area contributed by atoms with E-state index in [1.807, 2.05) is 24.3 Å². The standard InChI is InChI=1S/C14H20ClN3O.2ClH/c15-13-4-2-1-3-12(13)11-17-14(19)5-8-18-9-6-16-7-10-18;;/h1-4,16H,5-11H2,(H,17,19);2*1H. The summed E-state index contributed by atoms with van der Waals surface area (Å²) >= 11 is 6.04. The zero-order valence-corrected chi connectivity index (χ0v) is 14.2. The fourth-order valence-corrected chi connectivity index (χ4v) is 2.32. The SMILES string of the molecule is Cl.Cl.O=C(CCN1CCNCC1)NCc1ccccc1Cl. The Morgan fingerprint density at radius 3 is 2.57 bits per heavy atom. The van der Waals surface area contributed by atoms with Crippen molar-refractivity contribution in [3.05, 3.63) is 34.9 Å². The van der Waals surface area contributed by atoms with Crippen LogP contribution in [0.4, 0.5) is 0 Å². The van der Waals surface area contributed by atoms with Crippen molar-refractivity contribution >= 4 is 42.3 Å². The number of piperazine rings is 1. The van der Waals surface area contributed by atoms with Gasteiger partial charge in [-0.1, -0.05) is 29.8 Å². The van der Waals surface area contributed by atoms with Crippen LogP contribution >= 0.6 is 36.4 Å². The first-order valence-corrected chi connectivity index (χ1v) is 7.06. The van der Waals surface area contributed by atoms with Crippen molar-refractivity contribution in [2.75, 3.05) is 32.7 Å². The molecular formula is C14H22Cl3N3O. The van der Waals surface area contributed by atoms with Gasteiger partial charge in [-0.3, -0.25) is 4.79 Å². The summed E-state index contributed by atoms with van der Waals surface area (Å²) in [4.78, 5) is 14.1. The Morgan fingerprint density at radius 1 is 1.24 bits per heavy atom. The summed E-state index contributed by atoms with van der Waals surface area (Å²) in [7, 11) is 0. The van der Waals surface area contributed by atoms with E-state index in [1.54, 1.807) is 0 Å². The first kappa shape index (κ1) is 20.5. The number of hydrogen-bond donors (Lipinski definition) is 2. The van der Waals surface area contributed by atoms with E-state index in [0.717, 1.165) is 38.3 Å². The van der Waals surface area contributed by atoms with E-state index in [4.69, 9.17) is 11.6 Å². The Hall–Kier alpha value is -0.520. The van der Waals surface area contributed by atoms with E-state index in [9.17, 15) is 4.79 Å². The third-order valence-electron chi connectivity index (χ3n) is 3.30. The highest BCUT2D eigenvalue weighted by Crippen LogP contribution is 2.14. The molecule has 21 heavy (non-hydrogen) atoms. The summed E-state index contributed by atoms with van der Waals surface area (Å²) < 4.78 is 0. The molecule has 0 spiro atoms. The zero-order valence-electron chi connectivity index (χ0n) is 11.8. The molecule has 1 amide bonds. The highest BCUT2D eigenvalue weighted by molar-refractivity contribution is 6.31. The number of carbonyl (C=O) groups is 1. The molecule has 0 aliphatic carbocycles. The van der Waals surface area contributed by atoms with E-state index in [-0.39, 0.29) is 30.7 Å². The fourth-order valence-electron chi connectivity index (χ4n) is 2.12. The molecule has 4 nitrogen and oxygen atoms in total. The number of carbonyl (C=O) groups excluding carboxylic acids is 1. The Morgan fingerprint density at radius 2 is 1.90 bits per heavy atom. The largest absolute Gasteiger partial charge is 0.352 e. The lowest BCUT2D eigenvalue weighted by atomic mass is 10.2. The van der Waals surface area contributed by atoms with Crippen LogP contribution in [0, 0.1) is 0 Å². The number of amides is 1. The maximum absolute atomic E-state index is 11.8. The van der Waals surface area contributed by atoms with Crippen LogP contribution in [0.2, 0.25) is 5.02 Å². The number of halogens is 3. The molecule has 1 aromatic carbocycles. The Bertz CT molecular complexity index is 426. The van der Waals surface area contributed by atoms with Gasteiger partial charge in [0.1, 0.15) is 0 Å². The molecular weight excluding hydrogens is 333 g/mol. The number of hydrogen-bond acceptors (Lipinski definition) is 3. The average Bonchev–Trinajstić information content (AvgIpc) is 2.45. The number of rotatable bonds is 5. The van der Waals surface area contributed by atoms with Gasteiger partial charge in [0.25, 0.3) is 0 Å². The minimum absolute atomic E-state index is 0. The number of nitrogens with zero attached hydrogens (tertiary/aromatic N) is 1. The molecule has 1 heterocycles. The molecule has 2 rings (SSSR count). The van der Waals surface area contributed by atoms with Gasteiger partial charge in [0.15, 0.2) is 0 Å². The molecule has 0 atom stereocenters. The molecule has 0 unspecified atom stereocenters. The van der Waals surface area contributed by atoms with E-state index in [0.29, 0.717) is 18.0 Å². The van der Waals surface area contributed by atoms with Gasteiger partial charge in [-0.25, -0.2) is 0 Å². The molecule has 0 radical (unpaired) electrons. The van der Waals surface area contributed by atoms with Crippen LogP contribution in [0.15, 0.2) is 24.3 Å². The van der Waals surface area contributed by atoms with Gasteiger partial charge in [-0.05, 0) is 11.6 Å². The molecule has 120 valence electrons. The highest BCUT2D eigenvalue weighted by Gasteiger charge is 2.11. The van der Waals surface area contributed by atoms with Gasteiger partial charge in [-0.2, -0.15) is 0 Å². The van der Waals surface area contributed by atoms with E-state index >= 15 is 0 Å². The van der Waals surface area contributed by atoms with Crippen LogP contribution in [0.5, 0.6) is 0 Å². The van der Waals surface area contributed by atoms with E-state index < -0.39 is 0 Å². The van der Waals surface area contributed by atoms with Crippen LogP contribution in [-0.2, 0) is 11.3 Å². The average molecular weight is 355 g/mol. The summed E-state index contributed by atoms with van der Waals surface area (Å²) in [6.45, 7) is 5.41. The molecule has 0 aromatic heterocycles. The van der Waals surface area contributed by atoms with Gasteiger partial charge in [0.2, 0.25) is 5.91 Å². The lowest BCUT2D eigenvalue weighted by Gasteiger charge is -2.26. The summed E-state index contributed by atoms with van der Waals surface area (Å²) in [5.41, 5.74) is 0.958. The molecule has 1 aliphatic rings. The molecule has 0 saturated carbocycles. The predicted molar refractivity (Wildman–Crippen MR) is 91.7 cm³/mol. The summed E-state index contributed by atoms with van der Waals surface area (Å²) in [5.74, 6) is 0.0819. The molecule has 1 fully saturated rings. The molecule has 7 heteroatoms. The van der Waals surface area contributed by atoms with Crippen molar-refractivity contribution in [1.29, 1.82) is 0 Å². The van der Waals surface area contributed by atoms with Crippen molar-refractivity contribution in [2.45, 2.75) is 13.0 Å². The van der Waals surface area contributed by atoms with Gasteiger partial charge in [0, 0.05) is 50.7 Å². The number of benzene rings is 1. The fraction of sp³-hybridized carbons (Fsp3) is 0.500. The zero-order chi connectivity index (χ0) is 13.5. The summed E-state index contributed by atoms with van der Waals surface area (Å²) in [5, 5.41) is 6.91. The lowest BCUT2D eigenvalue weighted by molar-refractivity contribution is -0.121. The maximum atomic E-state index is 11.8. The first-order chi connectivity index (χ1) is 9.25. The van der Waals surface area contributed by atoms with Gasteiger partial charge < -0.3 is 15.5 Å². The van der Waals surface area contributed by atoms with Crippen molar-refractivity contribution < 1.29 is 4.79 Å². The lowest BCUT2D eigenvalue weighted by Crippen LogP contribution is -2.44. The van der Waals surface area contributed by atoms with E-state index in [1.165, 1.54) is 0 Å². The number of nitrogens with one attached hydrogen (secondary N) is 2. The monoisotopic (exact) mass is 353 g/mol. The molecule has 0 bridgehead atoms. The normalized spacial score (nSPS) is 14.7. The topological polar surface area (TPSA) is 44.4 Å². The van der Waals surface area contributed by atoms with Crippen LogP contribution in [-0.4, -0.2) is 43.5 Å². The second-order valence-corrected chi connectivity index (χ2v) is 5.12. The quantitative estimate of drug-likeness (QED) is 0.851. The minimum Gasteiger partial charge on any atom is -0.352 e.